The Kier molecular flexibility index (Phi) is 8.44. The van der Waals surface area contributed by atoms with Gasteiger partial charge in [-0.05, 0) is 41.9 Å². The number of carbonyl (C=O) groups is 1. The lowest BCUT2D eigenvalue weighted by Crippen LogP contribution is -2.22. The molecule has 0 atom stereocenters. The van der Waals surface area contributed by atoms with Gasteiger partial charge in [-0.25, -0.2) is 0 Å². The van der Waals surface area contributed by atoms with Gasteiger partial charge in [0.05, 0.1) is 27.9 Å². The molecule has 0 bridgehead atoms. The summed E-state index contributed by atoms with van der Waals surface area (Å²) in [6, 6.07) is 4.54. The molecule has 33 heavy (non-hydrogen) atoms. The molecule has 0 aliphatic rings. The molecule has 0 saturated heterocycles. The highest BCUT2D eigenvalue weighted by Gasteiger charge is 2.24. The molecule has 1 N–H and O–H groups in total. The van der Waals surface area contributed by atoms with Crippen molar-refractivity contribution in [2.75, 3.05) is 30.4 Å². The van der Waals surface area contributed by atoms with Crippen molar-refractivity contribution in [3.8, 4) is 5.75 Å². The van der Waals surface area contributed by atoms with E-state index in [2.05, 4.69) is 31.5 Å². The average Bonchev–Trinajstić information content (AvgIpc) is 2.72. The topological polar surface area (TPSA) is 144 Å². The van der Waals surface area contributed by atoms with Crippen LogP contribution in [0.1, 0.15) is 20.8 Å². The highest BCUT2D eigenvalue weighted by molar-refractivity contribution is 9.10. The fourth-order valence-electron chi connectivity index (χ4n) is 2.95. The predicted molar refractivity (Wildman–Crippen MR) is 124 cm³/mol. The van der Waals surface area contributed by atoms with E-state index in [1.54, 1.807) is 6.07 Å². The van der Waals surface area contributed by atoms with E-state index in [1.165, 1.54) is 20.1 Å². The van der Waals surface area contributed by atoms with Crippen LogP contribution < -0.4 is 15.0 Å². The SMILES string of the molecule is CCN(CC)c1cc(NC(C)=O)c(N=Nc2c(Br)cc(S(=O)(=O)F)cc2[N+](=O)[O-])cc1OC. The molecular weight excluding hydrogens is 525 g/mol. The number of nitro groups is 1. The fraction of sp³-hybridized carbons (Fsp3) is 0.316. The van der Waals surface area contributed by atoms with Gasteiger partial charge in [0, 0.05) is 32.1 Å². The summed E-state index contributed by atoms with van der Waals surface area (Å²) in [5, 5.41) is 22.0. The van der Waals surface area contributed by atoms with Crippen LogP contribution in [0.15, 0.2) is 43.9 Å². The number of hydrogen-bond acceptors (Lipinski definition) is 9. The molecule has 0 saturated carbocycles. The van der Waals surface area contributed by atoms with Crippen molar-refractivity contribution >= 4 is 60.5 Å². The molecular formula is C19H21BrFN5O6S. The second-order valence-corrected chi connectivity index (χ2v) is 8.76. The van der Waals surface area contributed by atoms with Gasteiger partial charge < -0.3 is 15.0 Å². The zero-order valence-electron chi connectivity index (χ0n) is 18.1. The van der Waals surface area contributed by atoms with E-state index in [0.29, 0.717) is 30.6 Å². The van der Waals surface area contributed by atoms with E-state index in [0.717, 1.165) is 6.07 Å². The van der Waals surface area contributed by atoms with Crippen molar-refractivity contribution in [3.05, 3.63) is 38.9 Å². The molecule has 2 rings (SSSR count). The highest BCUT2D eigenvalue weighted by Crippen LogP contribution is 2.42. The standard InChI is InChI=1S/C19H21BrFN5O6S/c1-5-25(6-2)16-9-14(22-11(3)27)15(10-18(16)32-4)23-24-19-13(20)7-12(33(21,30)31)8-17(19)26(28)29/h7-10H,5-6H2,1-4H3,(H,22,27). The van der Waals surface area contributed by atoms with Crippen LogP contribution in [0, 0.1) is 10.1 Å². The normalized spacial score (nSPS) is 11.5. The Labute approximate surface area is 198 Å². The third-order valence-electron chi connectivity index (χ3n) is 4.46. The molecule has 14 heteroatoms. The third kappa shape index (κ3) is 6.22. The van der Waals surface area contributed by atoms with E-state index >= 15 is 0 Å². The second kappa shape index (κ2) is 10.7. The monoisotopic (exact) mass is 545 g/mol. The number of nitrogens with zero attached hydrogens (tertiary/aromatic N) is 4. The number of anilines is 2. The van der Waals surface area contributed by atoms with Crippen LogP contribution in [0.25, 0.3) is 0 Å². The number of nitrogens with one attached hydrogen (secondary N) is 1. The van der Waals surface area contributed by atoms with Crippen molar-refractivity contribution in [1.82, 2.24) is 0 Å². The minimum atomic E-state index is -5.19. The molecule has 1 amide bonds. The number of rotatable bonds is 9. The molecule has 0 heterocycles. The van der Waals surface area contributed by atoms with Gasteiger partial charge in [-0.2, -0.15) is 8.42 Å². The molecule has 0 fully saturated rings. The first-order valence-electron chi connectivity index (χ1n) is 9.51. The Balaban J connectivity index is 2.70. The minimum absolute atomic E-state index is 0.126. The van der Waals surface area contributed by atoms with Crippen LogP contribution in [0.5, 0.6) is 5.75 Å². The Morgan fingerprint density at radius 1 is 1.24 bits per heavy atom. The van der Waals surface area contributed by atoms with Gasteiger partial charge in [0.1, 0.15) is 16.3 Å². The largest absolute Gasteiger partial charge is 0.494 e. The van der Waals surface area contributed by atoms with E-state index in [4.69, 9.17) is 4.74 Å². The molecule has 2 aromatic rings. The third-order valence-corrected chi connectivity index (χ3v) is 5.87. The lowest BCUT2D eigenvalue weighted by atomic mass is 10.2. The first-order chi connectivity index (χ1) is 15.4. The Hall–Kier alpha value is -3.13. The molecule has 0 aromatic heterocycles. The summed E-state index contributed by atoms with van der Waals surface area (Å²) >= 11 is 2.98. The number of ether oxygens (including phenoxy) is 1. The van der Waals surface area contributed by atoms with Crippen LogP contribution in [0.4, 0.5) is 32.3 Å². The molecule has 0 spiro atoms. The molecule has 2 aromatic carbocycles. The Morgan fingerprint density at radius 3 is 2.36 bits per heavy atom. The fourth-order valence-corrected chi connectivity index (χ4v) is 4.14. The van der Waals surface area contributed by atoms with Crippen LogP contribution in [0.2, 0.25) is 0 Å². The van der Waals surface area contributed by atoms with E-state index in [1.807, 2.05) is 18.7 Å². The van der Waals surface area contributed by atoms with Crippen LogP contribution in [-0.4, -0.2) is 39.4 Å². The minimum Gasteiger partial charge on any atom is -0.494 e. The summed E-state index contributed by atoms with van der Waals surface area (Å²) in [7, 11) is -3.73. The van der Waals surface area contributed by atoms with Crippen molar-refractivity contribution in [3.63, 3.8) is 0 Å². The first-order valence-corrected chi connectivity index (χ1v) is 11.7. The number of halogens is 2. The number of methoxy groups -OCH3 is 1. The number of amides is 1. The van der Waals surface area contributed by atoms with E-state index < -0.39 is 25.7 Å². The molecule has 0 radical (unpaired) electrons. The van der Waals surface area contributed by atoms with E-state index in [9.17, 15) is 27.2 Å². The number of benzene rings is 2. The first kappa shape index (κ1) is 26.1. The lowest BCUT2D eigenvalue weighted by molar-refractivity contribution is -0.384. The van der Waals surface area contributed by atoms with Crippen LogP contribution in [-0.2, 0) is 15.0 Å². The zero-order chi connectivity index (χ0) is 24.9. The van der Waals surface area contributed by atoms with Gasteiger partial charge in [-0.1, -0.05) is 0 Å². The van der Waals surface area contributed by atoms with Crippen molar-refractivity contribution in [2.45, 2.75) is 25.7 Å². The second-order valence-electron chi connectivity index (χ2n) is 6.56. The van der Waals surface area contributed by atoms with Gasteiger partial charge >= 0.3 is 10.2 Å². The smallest absolute Gasteiger partial charge is 0.332 e. The number of azo groups is 1. The maximum atomic E-state index is 13.4. The van der Waals surface area contributed by atoms with Gasteiger partial charge in [0.25, 0.3) is 5.69 Å². The van der Waals surface area contributed by atoms with Gasteiger partial charge in [0.2, 0.25) is 5.91 Å². The van der Waals surface area contributed by atoms with Gasteiger partial charge in [-0.15, -0.1) is 14.1 Å². The maximum Gasteiger partial charge on any atom is 0.332 e. The van der Waals surface area contributed by atoms with Crippen LogP contribution >= 0.6 is 15.9 Å². The Morgan fingerprint density at radius 2 is 1.88 bits per heavy atom. The molecule has 0 aliphatic carbocycles. The van der Waals surface area contributed by atoms with Crippen molar-refractivity contribution in [1.29, 1.82) is 0 Å². The van der Waals surface area contributed by atoms with Crippen molar-refractivity contribution in [2.24, 2.45) is 10.2 Å². The zero-order valence-corrected chi connectivity index (χ0v) is 20.5. The highest BCUT2D eigenvalue weighted by atomic mass is 79.9. The van der Waals surface area contributed by atoms with Gasteiger partial charge in [0.15, 0.2) is 5.69 Å². The molecule has 0 aliphatic heterocycles. The summed E-state index contributed by atoms with van der Waals surface area (Å²) < 4.78 is 41.0. The average molecular weight is 546 g/mol. The summed E-state index contributed by atoms with van der Waals surface area (Å²) in [4.78, 5) is 23.4. The number of hydrogen-bond donors (Lipinski definition) is 1. The quantitative estimate of drug-likeness (QED) is 0.196. The summed E-state index contributed by atoms with van der Waals surface area (Å²) in [6.45, 7) is 6.53. The van der Waals surface area contributed by atoms with Crippen molar-refractivity contribution < 1.29 is 26.8 Å². The van der Waals surface area contributed by atoms with E-state index in [-0.39, 0.29) is 27.4 Å². The summed E-state index contributed by atoms with van der Waals surface area (Å²) in [5.41, 5.74) is -0.0305. The maximum absolute atomic E-state index is 13.4. The lowest BCUT2D eigenvalue weighted by Gasteiger charge is -2.24. The van der Waals surface area contributed by atoms with Crippen LogP contribution in [0.3, 0.4) is 0 Å². The molecule has 0 unspecified atom stereocenters. The molecule has 11 nitrogen and oxygen atoms in total. The number of carbonyl (C=O) groups excluding carboxylic acids is 1. The Bertz CT molecular complexity index is 1220. The summed E-state index contributed by atoms with van der Waals surface area (Å²) in [5.74, 6) is 0.0426. The molecule has 178 valence electrons. The number of nitro benzene ring substituents is 1. The van der Waals surface area contributed by atoms with Gasteiger partial charge in [-0.3, -0.25) is 14.9 Å². The summed E-state index contributed by atoms with van der Waals surface area (Å²) in [6.07, 6.45) is 0. The predicted octanol–water partition coefficient (Wildman–Crippen LogP) is 5.24.